The molecule has 1 aromatic rings. The summed E-state index contributed by atoms with van der Waals surface area (Å²) in [7, 11) is 0. The number of aromatic nitrogens is 1. The summed E-state index contributed by atoms with van der Waals surface area (Å²) in [4.78, 5) is 4.49. The number of pyridine rings is 1. The molecule has 1 aliphatic rings. The number of nitrogens with zero attached hydrogens (tertiary/aromatic N) is 1. The molecule has 1 heterocycles. The predicted octanol–water partition coefficient (Wildman–Crippen LogP) is 2.66. The van der Waals surface area contributed by atoms with Crippen LogP contribution in [0.3, 0.4) is 0 Å². The molecule has 0 aromatic carbocycles. The molecule has 1 aliphatic carbocycles. The van der Waals surface area contributed by atoms with E-state index < -0.39 is 0 Å². The Balaban J connectivity index is 2.63. The van der Waals surface area contributed by atoms with Gasteiger partial charge in [-0.25, -0.2) is 0 Å². The van der Waals surface area contributed by atoms with Crippen molar-refractivity contribution in [2.45, 2.75) is 52.0 Å². The Morgan fingerprint density at radius 1 is 1.50 bits per heavy atom. The molecule has 2 nitrogen and oxygen atoms in total. The van der Waals surface area contributed by atoms with Crippen LogP contribution in [0.15, 0.2) is 18.3 Å². The first-order chi connectivity index (χ1) is 7.43. The zero-order valence-corrected chi connectivity index (χ0v) is 10.7. The molecule has 0 radical (unpaired) electrons. The molecule has 16 heavy (non-hydrogen) atoms. The molecule has 1 unspecified atom stereocenters. The normalized spacial score (nSPS) is 29.2. The zero-order valence-electron chi connectivity index (χ0n) is 10.7. The van der Waals surface area contributed by atoms with Crippen LogP contribution in [0.2, 0.25) is 0 Å². The highest BCUT2D eigenvalue weighted by atomic mass is 14.8. The van der Waals surface area contributed by atoms with Crippen molar-refractivity contribution in [3.05, 3.63) is 29.6 Å². The van der Waals surface area contributed by atoms with Crippen molar-refractivity contribution in [2.75, 3.05) is 0 Å². The minimum Gasteiger partial charge on any atom is -0.327 e. The Morgan fingerprint density at radius 3 is 2.75 bits per heavy atom. The predicted molar refractivity (Wildman–Crippen MR) is 67.3 cm³/mol. The molecule has 2 atom stereocenters. The summed E-state index contributed by atoms with van der Waals surface area (Å²) >= 11 is 0. The number of hydrogen-bond acceptors (Lipinski definition) is 2. The van der Waals surface area contributed by atoms with E-state index in [1.165, 1.54) is 11.3 Å². The van der Waals surface area contributed by atoms with Gasteiger partial charge < -0.3 is 5.73 Å². The van der Waals surface area contributed by atoms with Crippen LogP contribution in [0.25, 0.3) is 0 Å². The number of nitrogens with two attached hydrogens (primary N) is 1. The Hall–Kier alpha value is -0.890. The topological polar surface area (TPSA) is 38.9 Å². The van der Waals surface area contributed by atoms with Crippen LogP contribution in [0.1, 0.15) is 45.4 Å². The standard InChI is InChI=1S/C14H22N2/c1-5-14(13(2,3)4)10-7-6-8-16-11(10)9-12(14)15/h6-8,12H,5,9,15H2,1-4H3/t12-,14?/m1/s1. The summed E-state index contributed by atoms with van der Waals surface area (Å²) in [5.74, 6) is 0. The van der Waals surface area contributed by atoms with Crippen LogP contribution in [-0.4, -0.2) is 11.0 Å². The van der Waals surface area contributed by atoms with Crippen molar-refractivity contribution in [3.63, 3.8) is 0 Å². The van der Waals surface area contributed by atoms with E-state index in [0.29, 0.717) is 0 Å². The maximum atomic E-state index is 6.42. The van der Waals surface area contributed by atoms with Crippen molar-refractivity contribution < 1.29 is 0 Å². The van der Waals surface area contributed by atoms with Gasteiger partial charge in [0.15, 0.2) is 0 Å². The lowest BCUT2D eigenvalue weighted by atomic mass is 9.60. The second kappa shape index (κ2) is 3.56. The Bertz CT molecular complexity index is 392. The molecule has 0 saturated carbocycles. The maximum absolute atomic E-state index is 6.42. The van der Waals surface area contributed by atoms with E-state index in [0.717, 1.165) is 12.8 Å². The van der Waals surface area contributed by atoms with E-state index in [9.17, 15) is 0 Å². The first kappa shape index (κ1) is 11.6. The third-order valence-electron chi connectivity index (χ3n) is 4.31. The van der Waals surface area contributed by atoms with Gasteiger partial charge in [-0.1, -0.05) is 33.8 Å². The summed E-state index contributed by atoms with van der Waals surface area (Å²) in [6.45, 7) is 9.11. The summed E-state index contributed by atoms with van der Waals surface area (Å²) in [5.41, 5.74) is 9.25. The highest BCUT2D eigenvalue weighted by Crippen LogP contribution is 2.51. The van der Waals surface area contributed by atoms with Crippen LogP contribution >= 0.6 is 0 Å². The minimum atomic E-state index is 0.0800. The van der Waals surface area contributed by atoms with Crippen molar-refractivity contribution >= 4 is 0 Å². The lowest BCUT2D eigenvalue weighted by Crippen LogP contribution is -2.50. The molecule has 0 aliphatic heterocycles. The summed E-state index contributed by atoms with van der Waals surface area (Å²) in [6.07, 6.45) is 3.87. The minimum absolute atomic E-state index is 0.0800. The first-order valence-electron chi connectivity index (χ1n) is 6.13. The number of hydrogen-bond donors (Lipinski definition) is 1. The van der Waals surface area contributed by atoms with Gasteiger partial charge in [-0.3, -0.25) is 4.98 Å². The van der Waals surface area contributed by atoms with E-state index >= 15 is 0 Å². The molecule has 2 rings (SSSR count). The third kappa shape index (κ3) is 1.32. The third-order valence-corrected chi connectivity index (χ3v) is 4.31. The van der Waals surface area contributed by atoms with Crippen LogP contribution < -0.4 is 5.73 Å². The van der Waals surface area contributed by atoms with Crippen molar-refractivity contribution in [1.29, 1.82) is 0 Å². The molecule has 0 bridgehead atoms. The molecule has 2 heteroatoms. The van der Waals surface area contributed by atoms with Gasteiger partial charge in [0.25, 0.3) is 0 Å². The number of fused-ring (bicyclic) bond motifs is 1. The molecule has 0 spiro atoms. The Kier molecular flexibility index (Phi) is 2.58. The van der Waals surface area contributed by atoms with Gasteiger partial charge in [0.2, 0.25) is 0 Å². The maximum Gasteiger partial charge on any atom is 0.0457 e. The average Bonchev–Trinajstić information content (AvgIpc) is 2.49. The van der Waals surface area contributed by atoms with Crippen LogP contribution in [-0.2, 0) is 11.8 Å². The Labute approximate surface area is 98.3 Å². The smallest absolute Gasteiger partial charge is 0.0457 e. The average molecular weight is 218 g/mol. The molecule has 88 valence electrons. The molecule has 0 fully saturated rings. The highest BCUT2D eigenvalue weighted by molar-refractivity contribution is 5.40. The van der Waals surface area contributed by atoms with E-state index in [1.54, 1.807) is 0 Å². The van der Waals surface area contributed by atoms with Crippen molar-refractivity contribution in [2.24, 2.45) is 11.1 Å². The van der Waals surface area contributed by atoms with Gasteiger partial charge in [-0.2, -0.15) is 0 Å². The van der Waals surface area contributed by atoms with Gasteiger partial charge in [0.1, 0.15) is 0 Å². The first-order valence-corrected chi connectivity index (χ1v) is 6.13. The molecular formula is C14H22N2. The Morgan fingerprint density at radius 2 is 2.19 bits per heavy atom. The van der Waals surface area contributed by atoms with Crippen LogP contribution in [0.4, 0.5) is 0 Å². The molecule has 2 N–H and O–H groups in total. The second-order valence-corrected chi connectivity index (χ2v) is 5.88. The van der Waals surface area contributed by atoms with Crippen molar-refractivity contribution in [1.82, 2.24) is 4.98 Å². The van der Waals surface area contributed by atoms with E-state index in [4.69, 9.17) is 5.73 Å². The summed E-state index contributed by atoms with van der Waals surface area (Å²) < 4.78 is 0. The van der Waals surface area contributed by atoms with Crippen LogP contribution in [0.5, 0.6) is 0 Å². The SMILES string of the molecule is CCC1(C(C)(C)C)c2cccnc2C[C@H]1N. The summed E-state index contributed by atoms with van der Waals surface area (Å²) in [5, 5.41) is 0. The largest absolute Gasteiger partial charge is 0.327 e. The zero-order chi connectivity index (χ0) is 12.0. The van der Waals surface area contributed by atoms with Crippen molar-refractivity contribution in [3.8, 4) is 0 Å². The molecule has 0 saturated heterocycles. The molecule has 1 aromatic heterocycles. The fraction of sp³-hybridized carbons (Fsp3) is 0.643. The summed E-state index contributed by atoms with van der Waals surface area (Å²) in [6, 6.07) is 4.44. The van der Waals surface area contributed by atoms with Gasteiger partial charge >= 0.3 is 0 Å². The molecule has 0 amide bonds. The van der Waals surface area contributed by atoms with Gasteiger partial charge in [0, 0.05) is 29.8 Å². The van der Waals surface area contributed by atoms with Gasteiger partial charge in [0.05, 0.1) is 0 Å². The fourth-order valence-corrected chi connectivity index (χ4v) is 3.53. The highest BCUT2D eigenvalue weighted by Gasteiger charge is 2.51. The van der Waals surface area contributed by atoms with Crippen LogP contribution in [0, 0.1) is 5.41 Å². The van der Waals surface area contributed by atoms with Gasteiger partial charge in [-0.15, -0.1) is 0 Å². The van der Waals surface area contributed by atoms with Gasteiger partial charge in [-0.05, 0) is 23.5 Å². The lowest BCUT2D eigenvalue weighted by molar-refractivity contribution is 0.152. The lowest BCUT2D eigenvalue weighted by Gasteiger charge is -2.45. The fourth-order valence-electron chi connectivity index (χ4n) is 3.53. The number of rotatable bonds is 1. The van der Waals surface area contributed by atoms with E-state index in [-0.39, 0.29) is 16.9 Å². The van der Waals surface area contributed by atoms with E-state index in [1.807, 2.05) is 12.3 Å². The monoisotopic (exact) mass is 218 g/mol. The second-order valence-electron chi connectivity index (χ2n) is 5.88. The molecular weight excluding hydrogens is 196 g/mol. The van der Waals surface area contributed by atoms with E-state index in [2.05, 4.69) is 38.7 Å². The quantitative estimate of drug-likeness (QED) is 0.787.